The van der Waals surface area contributed by atoms with Gasteiger partial charge in [0.15, 0.2) is 11.6 Å². The molecule has 1 N–H and O–H groups in total. The zero-order chi connectivity index (χ0) is 25.1. The minimum absolute atomic E-state index is 0.0500. The van der Waals surface area contributed by atoms with Gasteiger partial charge < -0.3 is 10.1 Å². The van der Waals surface area contributed by atoms with Gasteiger partial charge in [0.05, 0.1) is 16.5 Å². The first kappa shape index (κ1) is 25.8. The van der Waals surface area contributed by atoms with Crippen molar-refractivity contribution in [3.05, 3.63) is 87.4 Å². The van der Waals surface area contributed by atoms with Crippen molar-refractivity contribution in [1.82, 2.24) is 4.98 Å². The first-order valence-electron chi connectivity index (χ1n) is 10.5. The van der Waals surface area contributed by atoms with Crippen molar-refractivity contribution < 1.29 is 22.7 Å². The molecule has 180 valence electrons. The van der Waals surface area contributed by atoms with E-state index in [1.165, 1.54) is 55.6 Å². The summed E-state index contributed by atoms with van der Waals surface area (Å²) in [6.45, 7) is 4.78. The lowest BCUT2D eigenvalue weighted by Crippen LogP contribution is -2.27. The van der Waals surface area contributed by atoms with Crippen molar-refractivity contribution in [2.45, 2.75) is 45.1 Å². The molecule has 1 aromatic heterocycles. The lowest BCUT2D eigenvalue weighted by atomic mass is 10.0. The number of alkyl halides is 2. The average Bonchev–Trinajstić information content (AvgIpc) is 2.75. The quantitative estimate of drug-likeness (QED) is 0.340. The molecule has 2 aromatic carbocycles. The van der Waals surface area contributed by atoms with E-state index in [-0.39, 0.29) is 34.9 Å². The maximum Gasteiger partial charge on any atom is 0.273 e. The van der Waals surface area contributed by atoms with E-state index in [4.69, 9.17) is 27.9 Å². The number of carbonyl (C=O) groups excluding carboxylic acids is 1. The number of rotatable bonds is 8. The van der Waals surface area contributed by atoms with E-state index in [0.717, 1.165) is 6.07 Å². The number of nitrogens with zero attached hydrogens (tertiary/aromatic N) is 1. The zero-order valence-electron chi connectivity index (χ0n) is 18.8. The second-order valence-electron chi connectivity index (χ2n) is 8.22. The van der Waals surface area contributed by atoms with Gasteiger partial charge in [-0.25, -0.2) is 13.2 Å². The number of amides is 1. The Morgan fingerprint density at radius 3 is 2.35 bits per heavy atom. The molecular weight excluding hydrogens is 488 g/mol. The lowest BCUT2D eigenvalue weighted by Gasteiger charge is -2.27. The Balaban J connectivity index is 1.66. The summed E-state index contributed by atoms with van der Waals surface area (Å²) < 4.78 is 48.0. The number of hydrogen-bond acceptors (Lipinski definition) is 3. The molecule has 4 nitrogen and oxygen atoms in total. The Kier molecular flexibility index (Phi) is 7.78. The van der Waals surface area contributed by atoms with Crippen LogP contribution >= 0.6 is 23.2 Å². The van der Waals surface area contributed by atoms with Crippen LogP contribution in [0.15, 0.2) is 54.7 Å². The number of aromatic nitrogens is 1. The maximum atomic E-state index is 14.7. The van der Waals surface area contributed by atoms with Crippen LogP contribution in [0.5, 0.6) is 5.75 Å². The highest BCUT2D eigenvalue weighted by Gasteiger charge is 2.29. The van der Waals surface area contributed by atoms with E-state index in [2.05, 4.69) is 10.3 Å². The van der Waals surface area contributed by atoms with Gasteiger partial charge in [-0.05, 0) is 37.6 Å². The largest absolute Gasteiger partial charge is 0.478 e. The summed E-state index contributed by atoms with van der Waals surface area (Å²) in [6.07, 6.45) is 1.07. The van der Waals surface area contributed by atoms with Crippen LogP contribution in [0.3, 0.4) is 0 Å². The van der Waals surface area contributed by atoms with Crippen molar-refractivity contribution in [2.24, 2.45) is 0 Å². The Bertz CT molecular complexity index is 1190. The van der Waals surface area contributed by atoms with E-state index in [1.807, 2.05) is 0 Å². The highest BCUT2D eigenvalue weighted by atomic mass is 35.5. The number of hydrogen-bond donors (Lipinski definition) is 1. The molecule has 0 aliphatic carbocycles. The molecule has 0 spiro atoms. The average molecular weight is 511 g/mol. The number of nitrogens with one attached hydrogen (secondary N) is 1. The third-order valence-corrected chi connectivity index (χ3v) is 5.64. The van der Waals surface area contributed by atoms with Gasteiger partial charge >= 0.3 is 0 Å². The first-order chi connectivity index (χ1) is 15.9. The summed E-state index contributed by atoms with van der Waals surface area (Å²) in [7, 11) is 0. The van der Waals surface area contributed by atoms with Crippen LogP contribution in [-0.4, -0.2) is 10.9 Å². The molecule has 0 saturated carbocycles. The second-order valence-corrected chi connectivity index (χ2v) is 9.07. The Labute approximate surface area is 206 Å². The topological polar surface area (TPSA) is 51.2 Å². The second kappa shape index (κ2) is 10.2. The third kappa shape index (κ3) is 6.21. The fraction of sp³-hybridized carbons (Fsp3) is 0.280. The number of carbonyl (C=O) groups is 1. The molecular formula is C25H23Cl2F3N2O2. The van der Waals surface area contributed by atoms with Crippen LogP contribution in [0.1, 0.15) is 44.0 Å². The minimum atomic E-state index is -2.91. The SMILES string of the molecule is CCC(F)(F)c1ccc(CC(=O)Nc2ccc(OC(C)(C)c3ncc(Cl)cc3Cl)c(F)c2)cc1. The van der Waals surface area contributed by atoms with Crippen LogP contribution in [0, 0.1) is 5.82 Å². The number of halogens is 5. The predicted molar refractivity (Wildman–Crippen MR) is 127 cm³/mol. The van der Waals surface area contributed by atoms with Crippen molar-refractivity contribution in [1.29, 1.82) is 0 Å². The van der Waals surface area contributed by atoms with Gasteiger partial charge in [0, 0.05) is 29.9 Å². The molecule has 1 amide bonds. The van der Waals surface area contributed by atoms with E-state index in [0.29, 0.717) is 16.3 Å². The molecule has 0 radical (unpaired) electrons. The van der Waals surface area contributed by atoms with E-state index in [1.54, 1.807) is 13.8 Å². The molecule has 9 heteroatoms. The van der Waals surface area contributed by atoms with Gasteiger partial charge in [0.25, 0.3) is 5.92 Å². The molecule has 0 bridgehead atoms. The summed E-state index contributed by atoms with van der Waals surface area (Å²) in [5.41, 5.74) is 0.00796. The van der Waals surface area contributed by atoms with Crippen LogP contribution < -0.4 is 10.1 Å². The third-order valence-electron chi connectivity index (χ3n) is 5.14. The summed E-state index contributed by atoms with van der Waals surface area (Å²) in [4.78, 5) is 16.5. The Morgan fingerprint density at radius 1 is 1.09 bits per heavy atom. The summed E-state index contributed by atoms with van der Waals surface area (Å²) in [5, 5.41) is 3.25. The van der Waals surface area contributed by atoms with Crippen LogP contribution in [0.2, 0.25) is 10.0 Å². The van der Waals surface area contributed by atoms with Crippen LogP contribution in [-0.2, 0) is 22.7 Å². The monoisotopic (exact) mass is 510 g/mol. The summed E-state index contributed by atoms with van der Waals surface area (Å²) >= 11 is 12.1. The molecule has 0 atom stereocenters. The summed E-state index contributed by atoms with van der Waals surface area (Å²) in [6, 6.07) is 11.1. The summed E-state index contributed by atoms with van der Waals surface area (Å²) in [5.74, 6) is -4.07. The molecule has 0 aliphatic rings. The van der Waals surface area contributed by atoms with Crippen molar-refractivity contribution in [3.8, 4) is 5.75 Å². The minimum Gasteiger partial charge on any atom is -0.478 e. The fourth-order valence-electron chi connectivity index (χ4n) is 3.30. The molecule has 1 heterocycles. The Morgan fingerprint density at radius 2 is 1.76 bits per heavy atom. The van der Waals surface area contributed by atoms with Gasteiger partial charge in [0.1, 0.15) is 11.3 Å². The van der Waals surface area contributed by atoms with Crippen molar-refractivity contribution in [2.75, 3.05) is 5.32 Å². The zero-order valence-corrected chi connectivity index (χ0v) is 20.3. The van der Waals surface area contributed by atoms with E-state index < -0.39 is 23.2 Å². The molecule has 3 rings (SSSR count). The van der Waals surface area contributed by atoms with Gasteiger partial charge in [-0.15, -0.1) is 0 Å². The smallest absolute Gasteiger partial charge is 0.273 e. The molecule has 0 fully saturated rings. The number of pyridine rings is 1. The molecule has 34 heavy (non-hydrogen) atoms. The van der Waals surface area contributed by atoms with E-state index >= 15 is 0 Å². The molecule has 0 saturated heterocycles. The molecule has 0 aliphatic heterocycles. The van der Waals surface area contributed by atoms with E-state index in [9.17, 15) is 18.0 Å². The van der Waals surface area contributed by atoms with Crippen LogP contribution in [0.25, 0.3) is 0 Å². The number of ether oxygens (including phenoxy) is 1. The maximum absolute atomic E-state index is 14.7. The highest BCUT2D eigenvalue weighted by molar-refractivity contribution is 6.34. The standard InChI is InChI=1S/C25H23Cl2F3N2O2/c1-4-25(29,30)16-7-5-15(6-8-16)11-22(33)32-18-9-10-21(20(28)13-18)34-24(2,3)23-19(27)12-17(26)14-31-23/h5-10,12-14H,4,11H2,1-3H3,(H,32,33). The van der Waals surface area contributed by atoms with Gasteiger partial charge in [-0.3, -0.25) is 9.78 Å². The fourth-order valence-corrected chi connectivity index (χ4v) is 3.91. The Hall–Kier alpha value is -2.77. The van der Waals surface area contributed by atoms with Crippen molar-refractivity contribution in [3.63, 3.8) is 0 Å². The van der Waals surface area contributed by atoms with Crippen molar-refractivity contribution >= 4 is 34.8 Å². The van der Waals surface area contributed by atoms with Crippen LogP contribution in [0.4, 0.5) is 18.9 Å². The lowest BCUT2D eigenvalue weighted by molar-refractivity contribution is -0.115. The molecule has 0 unspecified atom stereocenters. The van der Waals surface area contributed by atoms with Gasteiger partial charge in [-0.1, -0.05) is 54.4 Å². The number of benzene rings is 2. The first-order valence-corrected chi connectivity index (χ1v) is 11.2. The normalized spacial score (nSPS) is 11.9. The molecule has 3 aromatic rings. The van der Waals surface area contributed by atoms with Gasteiger partial charge in [-0.2, -0.15) is 0 Å². The van der Waals surface area contributed by atoms with Gasteiger partial charge in [0.2, 0.25) is 5.91 Å². The highest BCUT2D eigenvalue weighted by Crippen LogP contribution is 2.34. The number of anilines is 1. The predicted octanol–water partition coefficient (Wildman–Crippen LogP) is 7.52.